The molecule has 1 atom stereocenters. The maximum Gasteiger partial charge on any atom is 0.200 e. The Hall–Kier alpha value is -1.38. The minimum atomic E-state index is -0.868. The lowest BCUT2D eigenvalue weighted by Gasteiger charge is -2.33. The Morgan fingerprint density at radius 1 is 1.16 bits per heavy atom. The predicted octanol–water partition coefficient (Wildman–Crippen LogP) is 6.70. The highest BCUT2D eigenvalue weighted by Crippen LogP contribution is 2.38. The van der Waals surface area contributed by atoms with Gasteiger partial charge in [-0.1, -0.05) is 31.9 Å². The van der Waals surface area contributed by atoms with Crippen LogP contribution in [0.3, 0.4) is 0 Å². The summed E-state index contributed by atoms with van der Waals surface area (Å²) in [6.07, 6.45) is 12.2. The SMILES string of the molecule is C=CC1CCC([C@H](CCC)CCCc2ccc(OC)c(F)c2F)CC1. The van der Waals surface area contributed by atoms with Crippen molar-refractivity contribution < 1.29 is 13.5 Å². The quantitative estimate of drug-likeness (QED) is 0.450. The zero-order valence-electron chi connectivity index (χ0n) is 15.7. The van der Waals surface area contributed by atoms with Gasteiger partial charge >= 0.3 is 0 Å². The minimum absolute atomic E-state index is 0.0240. The Kier molecular flexibility index (Phi) is 7.92. The number of hydrogen-bond acceptors (Lipinski definition) is 1. The topological polar surface area (TPSA) is 9.23 Å². The molecule has 140 valence electrons. The third kappa shape index (κ3) is 5.29. The van der Waals surface area contributed by atoms with E-state index in [0.29, 0.717) is 23.8 Å². The van der Waals surface area contributed by atoms with Crippen molar-refractivity contribution in [1.29, 1.82) is 0 Å². The summed E-state index contributed by atoms with van der Waals surface area (Å²) in [4.78, 5) is 0. The molecule has 1 fully saturated rings. The molecule has 0 saturated heterocycles. The Morgan fingerprint density at radius 3 is 2.48 bits per heavy atom. The van der Waals surface area contributed by atoms with Crippen LogP contribution in [-0.2, 0) is 6.42 Å². The van der Waals surface area contributed by atoms with Crippen molar-refractivity contribution in [2.24, 2.45) is 17.8 Å². The van der Waals surface area contributed by atoms with Crippen LogP contribution in [0.5, 0.6) is 5.75 Å². The molecule has 1 saturated carbocycles. The molecule has 2 rings (SSSR count). The van der Waals surface area contributed by atoms with Crippen LogP contribution in [0.1, 0.15) is 63.9 Å². The van der Waals surface area contributed by atoms with Gasteiger partial charge in [0, 0.05) is 0 Å². The fraction of sp³-hybridized carbons (Fsp3) is 0.636. The Morgan fingerprint density at radius 2 is 1.88 bits per heavy atom. The highest BCUT2D eigenvalue weighted by atomic mass is 19.2. The average molecular weight is 350 g/mol. The molecule has 3 heteroatoms. The van der Waals surface area contributed by atoms with E-state index in [1.165, 1.54) is 51.7 Å². The first-order valence-electron chi connectivity index (χ1n) is 9.74. The zero-order chi connectivity index (χ0) is 18.2. The van der Waals surface area contributed by atoms with Crippen molar-refractivity contribution >= 4 is 0 Å². The number of aryl methyl sites for hydroxylation is 1. The first-order chi connectivity index (χ1) is 12.1. The first-order valence-corrected chi connectivity index (χ1v) is 9.74. The summed E-state index contributed by atoms with van der Waals surface area (Å²) in [5, 5.41) is 0. The predicted molar refractivity (Wildman–Crippen MR) is 99.9 cm³/mol. The third-order valence-electron chi connectivity index (χ3n) is 5.84. The van der Waals surface area contributed by atoms with Gasteiger partial charge in [-0.15, -0.1) is 6.58 Å². The highest BCUT2D eigenvalue weighted by Gasteiger charge is 2.26. The molecule has 1 aromatic carbocycles. The molecule has 0 amide bonds. The van der Waals surface area contributed by atoms with Crippen LogP contribution < -0.4 is 4.74 Å². The largest absolute Gasteiger partial charge is 0.494 e. The van der Waals surface area contributed by atoms with Crippen molar-refractivity contribution in [3.8, 4) is 5.75 Å². The van der Waals surface area contributed by atoms with Crippen LogP contribution in [0.2, 0.25) is 0 Å². The molecule has 0 N–H and O–H groups in total. The molecule has 1 aliphatic carbocycles. The van der Waals surface area contributed by atoms with Crippen molar-refractivity contribution in [3.05, 3.63) is 42.0 Å². The van der Waals surface area contributed by atoms with Gasteiger partial charge in [0.15, 0.2) is 11.6 Å². The maximum absolute atomic E-state index is 14.1. The van der Waals surface area contributed by atoms with E-state index in [0.717, 1.165) is 18.8 Å². The Bertz CT molecular complexity index is 547. The molecule has 25 heavy (non-hydrogen) atoms. The van der Waals surface area contributed by atoms with Crippen LogP contribution in [0, 0.1) is 29.4 Å². The van der Waals surface area contributed by atoms with E-state index < -0.39 is 11.6 Å². The third-order valence-corrected chi connectivity index (χ3v) is 5.84. The number of ether oxygens (including phenoxy) is 1. The van der Waals surface area contributed by atoms with E-state index >= 15 is 0 Å². The van der Waals surface area contributed by atoms with Gasteiger partial charge in [0.2, 0.25) is 5.82 Å². The lowest BCUT2D eigenvalue weighted by atomic mass is 9.73. The summed E-state index contributed by atoms with van der Waals surface area (Å²) in [6, 6.07) is 3.18. The van der Waals surface area contributed by atoms with Gasteiger partial charge in [0.05, 0.1) is 7.11 Å². The van der Waals surface area contributed by atoms with E-state index in [2.05, 4.69) is 19.6 Å². The molecule has 0 spiro atoms. The molecule has 1 nitrogen and oxygen atoms in total. The highest BCUT2D eigenvalue weighted by molar-refractivity contribution is 5.31. The summed E-state index contributed by atoms with van der Waals surface area (Å²) in [7, 11) is 1.36. The first kappa shape index (κ1) is 19.9. The second-order valence-electron chi connectivity index (χ2n) is 7.41. The van der Waals surface area contributed by atoms with Gasteiger partial charge in [-0.3, -0.25) is 0 Å². The maximum atomic E-state index is 14.1. The smallest absolute Gasteiger partial charge is 0.200 e. The van der Waals surface area contributed by atoms with Crippen molar-refractivity contribution in [1.82, 2.24) is 0 Å². The average Bonchev–Trinajstić information content (AvgIpc) is 2.64. The normalized spacial score (nSPS) is 21.8. The molecular weight excluding hydrogens is 318 g/mol. The summed E-state index contributed by atoms with van der Waals surface area (Å²) >= 11 is 0. The minimum Gasteiger partial charge on any atom is -0.494 e. The van der Waals surface area contributed by atoms with E-state index in [-0.39, 0.29) is 5.75 Å². The zero-order valence-corrected chi connectivity index (χ0v) is 15.7. The molecule has 1 aliphatic rings. The molecule has 0 aliphatic heterocycles. The lowest BCUT2D eigenvalue weighted by Crippen LogP contribution is -2.21. The summed E-state index contributed by atoms with van der Waals surface area (Å²) in [6.45, 7) is 6.16. The van der Waals surface area contributed by atoms with Gasteiger partial charge in [-0.2, -0.15) is 4.39 Å². The summed E-state index contributed by atoms with van der Waals surface area (Å²) in [5.41, 5.74) is 0.462. The molecule has 0 bridgehead atoms. The van der Waals surface area contributed by atoms with E-state index in [1.54, 1.807) is 6.07 Å². The fourth-order valence-corrected chi connectivity index (χ4v) is 4.32. The van der Waals surface area contributed by atoms with Gasteiger partial charge in [0.1, 0.15) is 0 Å². The second-order valence-corrected chi connectivity index (χ2v) is 7.41. The Balaban J connectivity index is 1.89. The van der Waals surface area contributed by atoms with E-state index in [4.69, 9.17) is 4.74 Å². The summed E-state index contributed by atoms with van der Waals surface area (Å²) < 4.78 is 32.7. The van der Waals surface area contributed by atoms with Crippen LogP contribution in [0.15, 0.2) is 24.8 Å². The number of allylic oxidation sites excluding steroid dienone is 1. The van der Waals surface area contributed by atoms with Crippen molar-refractivity contribution in [2.75, 3.05) is 7.11 Å². The molecule has 1 aromatic rings. The van der Waals surface area contributed by atoms with Gasteiger partial charge < -0.3 is 4.74 Å². The van der Waals surface area contributed by atoms with Gasteiger partial charge in [-0.25, -0.2) is 4.39 Å². The van der Waals surface area contributed by atoms with Crippen LogP contribution in [-0.4, -0.2) is 7.11 Å². The van der Waals surface area contributed by atoms with Crippen LogP contribution >= 0.6 is 0 Å². The van der Waals surface area contributed by atoms with E-state index in [1.807, 2.05) is 0 Å². The van der Waals surface area contributed by atoms with Crippen LogP contribution in [0.25, 0.3) is 0 Å². The molecule has 0 aromatic heterocycles. The fourth-order valence-electron chi connectivity index (χ4n) is 4.32. The number of hydrogen-bond donors (Lipinski definition) is 0. The lowest BCUT2D eigenvalue weighted by molar-refractivity contribution is 0.200. The Labute approximate surface area is 151 Å². The number of rotatable bonds is 9. The number of benzene rings is 1. The van der Waals surface area contributed by atoms with E-state index in [9.17, 15) is 8.78 Å². The standard InChI is InChI=1S/C22H32F2O/c1-4-7-17(18-12-10-16(5-2)11-13-18)8-6-9-19-14-15-20(25-3)22(24)21(19)23/h5,14-18H,2,4,6-13H2,1,3H3/t16?,17-,18?/m1/s1. The van der Waals surface area contributed by atoms with Gasteiger partial charge in [0.25, 0.3) is 0 Å². The number of halogens is 2. The van der Waals surface area contributed by atoms with Crippen LogP contribution in [0.4, 0.5) is 8.78 Å². The molecule has 0 heterocycles. The molecule has 0 unspecified atom stereocenters. The van der Waals surface area contributed by atoms with Crippen molar-refractivity contribution in [2.45, 2.75) is 64.7 Å². The monoisotopic (exact) mass is 350 g/mol. The number of methoxy groups -OCH3 is 1. The molecule has 0 radical (unpaired) electrons. The summed E-state index contributed by atoms with van der Waals surface area (Å²) in [5.74, 6) is 0.542. The van der Waals surface area contributed by atoms with Gasteiger partial charge in [-0.05, 0) is 74.3 Å². The molecular formula is C22H32F2O. The van der Waals surface area contributed by atoms with Crippen molar-refractivity contribution in [3.63, 3.8) is 0 Å². The second kappa shape index (κ2) is 9.94.